The Morgan fingerprint density at radius 2 is 2.14 bits per heavy atom. The summed E-state index contributed by atoms with van der Waals surface area (Å²) in [6.07, 6.45) is 2.48. The molecule has 3 heteroatoms. The van der Waals surface area contributed by atoms with Gasteiger partial charge in [0.25, 0.3) is 5.91 Å². The smallest absolute Gasteiger partial charge is 0.254 e. The van der Waals surface area contributed by atoms with Crippen molar-refractivity contribution in [3.8, 4) is 11.8 Å². The quantitative estimate of drug-likeness (QED) is 0.864. The van der Waals surface area contributed by atoms with E-state index in [1.54, 1.807) is 0 Å². The maximum atomic E-state index is 12.7. The van der Waals surface area contributed by atoms with E-state index in [2.05, 4.69) is 25.7 Å². The Hall–Kier alpha value is -1.79. The first-order chi connectivity index (χ1) is 10.0. The standard InChI is InChI=1S/C18H23NO2/c1-13(2)19(12-15-6-7-15)18(21)17-9-8-16(5-4-10-20)14(3)11-17/h8-9,11,13,15,20H,6-7,10,12H2,1-3H3. The van der Waals surface area contributed by atoms with Crippen LogP contribution in [0.15, 0.2) is 18.2 Å². The second-order valence-electron chi connectivity index (χ2n) is 5.98. The summed E-state index contributed by atoms with van der Waals surface area (Å²) in [5, 5.41) is 8.75. The largest absolute Gasteiger partial charge is 0.384 e. The second-order valence-corrected chi connectivity index (χ2v) is 5.98. The zero-order chi connectivity index (χ0) is 15.4. The molecule has 1 aromatic rings. The van der Waals surface area contributed by atoms with E-state index >= 15 is 0 Å². The molecule has 21 heavy (non-hydrogen) atoms. The van der Waals surface area contributed by atoms with Crippen LogP contribution in [-0.2, 0) is 0 Å². The van der Waals surface area contributed by atoms with Gasteiger partial charge in [0.15, 0.2) is 0 Å². The van der Waals surface area contributed by atoms with Crippen molar-refractivity contribution in [3.63, 3.8) is 0 Å². The Labute approximate surface area is 127 Å². The van der Waals surface area contributed by atoms with Crippen molar-refractivity contribution in [2.45, 2.75) is 39.7 Å². The minimum Gasteiger partial charge on any atom is -0.384 e. The van der Waals surface area contributed by atoms with E-state index in [1.807, 2.05) is 30.0 Å². The lowest BCUT2D eigenvalue weighted by atomic mass is 10.0. The lowest BCUT2D eigenvalue weighted by Gasteiger charge is -2.27. The molecular weight excluding hydrogens is 262 g/mol. The predicted octanol–water partition coefficient (Wildman–Crippen LogP) is 2.60. The van der Waals surface area contributed by atoms with E-state index in [0.29, 0.717) is 5.92 Å². The summed E-state index contributed by atoms with van der Waals surface area (Å²) in [4.78, 5) is 14.6. The van der Waals surface area contributed by atoms with Gasteiger partial charge in [0.1, 0.15) is 6.61 Å². The molecule has 2 rings (SSSR count). The van der Waals surface area contributed by atoms with Crippen molar-refractivity contribution < 1.29 is 9.90 Å². The van der Waals surface area contributed by atoms with E-state index in [9.17, 15) is 4.79 Å². The highest BCUT2D eigenvalue weighted by atomic mass is 16.2. The molecule has 1 amide bonds. The Morgan fingerprint density at radius 1 is 1.43 bits per heavy atom. The van der Waals surface area contributed by atoms with E-state index in [1.165, 1.54) is 12.8 Å². The number of carbonyl (C=O) groups excluding carboxylic acids is 1. The van der Waals surface area contributed by atoms with Gasteiger partial charge in [-0.1, -0.05) is 11.8 Å². The maximum absolute atomic E-state index is 12.7. The van der Waals surface area contributed by atoms with Crippen LogP contribution in [0.2, 0.25) is 0 Å². The second kappa shape index (κ2) is 6.78. The third-order valence-corrected chi connectivity index (χ3v) is 3.81. The van der Waals surface area contributed by atoms with Crippen LogP contribution in [0.3, 0.4) is 0 Å². The van der Waals surface area contributed by atoms with Crippen LogP contribution in [0.1, 0.15) is 48.2 Å². The lowest BCUT2D eigenvalue weighted by Crippen LogP contribution is -2.38. The third-order valence-electron chi connectivity index (χ3n) is 3.81. The van der Waals surface area contributed by atoms with Crippen molar-refractivity contribution >= 4 is 5.91 Å². The minimum absolute atomic E-state index is 0.0988. The average Bonchev–Trinajstić information content (AvgIpc) is 3.26. The van der Waals surface area contributed by atoms with Gasteiger partial charge >= 0.3 is 0 Å². The Morgan fingerprint density at radius 3 is 2.67 bits per heavy atom. The molecule has 0 aliphatic heterocycles. The van der Waals surface area contributed by atoms with Crippen LogP contribution in [0.4, 0.5) is 0 Å². The molecule has 0 bridgehead atoms. The number of aryl methyl sites for hydroxylation is 1. The van der Waals surface area contributed by atoms with E-state index < -0.39 is 0 Å². The molecule has 1 aliphatic rings. The molecule has 1 saturated carbocycles. The number of amides is 1. The molecule has 1 aromatic carbocycles. The van der Waals surface area contributed by atoms with Crippen molar-refractivity contribution in [1.29, 1.82) is 0 Å². The maximum Gasteiger partial charge on any atom is 0.254 e. The molecule has 0 spiro atoms. The number of hydrogen-bond acceptors (Lipinski definition) is 2. The van der Waals surface area contributed by atoms with Crippen LogP contribution >= 0.6 is 0 Å². The van der Waals surface area contributed by atoms with Gasteiger partial charge in [0.05, 0.1) is 0 Å². The van der Waals surface area contributed by atoms with Gasteiger partial charge in [-0.2, -0.15) is 0 Å². The molecule has 0 saturated heterocycles. The molecule has 0 radical (unpaired) electrons. The summed E-state index contributed by atoms with van der Waals surface area (Å²) in [6.45, 7) is 6.78. The van der Waals surface area contributed by atoms with Gasteiger partial charge in [-0.25, -0.2) is 0 Å². The summed E-state index contributed by atoms with van der Waals surface area (Å²) in [7, 11) is 0. The van der Waals surface area contributed by atoms with Crippen LogP contribution in [0.5, 0.6) is 0 Å². The summed E-state index contributed by atoms with van der Waals surface area (Å²) in [5.74, 6) is 6.32. The summed E-state index contributed by atoms with van der Waals surface area (Å²) in [5.41, 5.74) is 2.55. The topological polar surface area (TPSA) is 40.5 Å². The molecule has 0 unspecified atom stereocenters. The third kappa shape index (κ3) is 4.09. The number of nitrogens with zero attached hydrogens (tertiary/aromatic N) is 1. The number of rotatable bonds is 4. The van der Waals surface area contributed by atoms with Gasteiger partial charge in [-0.05, 0) is 63.3 Å². The molecule has 0 heterocycles. The van der Waals surface area contributed by atoms with Crippen molar-refractivity contribution in [3.05, 3.63) is 34.9 Å². The molecule has 112 valence electrons. The first-order valence-corrected chi connectivity index (χ1v) is 7.54. The highest BCUT2D eigenvalue weighted by molar-refractivity contribution is 5.94. The van der Waals surface area contributed by atoms with Gasteiger partial charge in [-0.15, -0.1) is 0 Å². The highest BCUT2D eigenvalue weighted by Gasteiger charge is 2.28. The Balaban J connectivity index is 2.19. The van der Waals surface area contributed by atoms with E-state index in [-0.39, 0.29) is 18.6 Å². The van der Waals surface area contributed by atoms with Crippen LogP contribution in [-0.4, -0.2) is 35.1 Å². The van der Waals surface area contributed by atoms with Gasteiger partial charge in [0.2, 0.25) is 0 Å². The normalized spacial score (nSPS) is 13.8. The number of aliphatic hydroxyl groups excluding tert-OH is 1. The molecule has 1 fully saturated rings. The fourth-order valence-corrected chi connectivity index (χ4v) is 2.34. The monoisotopic (exact) mass is 285 g/mol. The Kier molecular flexibility index (Phi) is 5.03. The minimum atomic E-state index is -0.150. The van der Waals surface area contributed by atoms with Crippen molar-refractivity contribution in [2.75, 3.05) is 13.2 Å². The highest BCUT2D eigenvalue weighted by Crippen LogP contribution is 2.30. The van der Waals surface area contributed by atoms with Crippen molar-refractivity contribution in [2.24, 2.45) is 5.92 Å². The molecule has 0 aromatic heterocycles. The average molecular weight is 285 g/mol. The zero-order valence-corrected chi connectivity index (χ0v) is 13.0. The van der Waals surface area contributed by atoms with Crippen LogP contribution < -0.4 is 0 Å². The molecular formula is C18H23NO2. The summed E-state index contributed by atoms with van der Waals surface area (Å²) < 4.78 is 0. The predicted molar refractivity (Wildman–Crippen MR) is 84.0 cm³/mol. The summed E-state index contributed by atoms with van der Waals surface area (Å²) in [6, 6.07) is 5.80. The summed E-state index contributed by atoms with van der Waals surface area (Å²) >= 11 is 0. The van der Waals surface area contributed by atoms with Crippen molar-refractivity contribution in [1.82, 2.24) is 4.90 Å². The van der Waals surface area contributed by atoms with Crippen LogP contribution in [0.25, 0.3) is 0 Å². The lowest BCUT2D eigenvalue weighted by molar-refractivity contribution is 0.0696. The number of aliphatic hydroxyl groups is 1. The number of carbonyl (C=O) groups is 1. The first kappa shape index (κ1) is 15.6. The van der Waals surface area contributed by atoms with E-state index in [0.717, 1.165) is 23.2 Å². The van der Waals surface area contributed by atoms with Gasteiger partial charge in [-0.3, -0.25) is 4.79 Å². The Bertz CT molecular complexity index is 577. The SMILES string of the molecule is Cc1cc(C(=O)N(CC2CC2)C(C)C)ccc1C#CCO. The van der Waals surface area contributed by atoms with Gasteiger partial charge < -0.3 is 10.0 Å². The van der Waals surface area contributed by atoms with E-state index in [4.69, 9.17) is 5.11 Å². The zero-order valence-electron chi connectivity index (χ0n) is 13.0. The number of benzene rings is 1. The fraction of sp³-hybridized carbons (Fsp3) is 0.500. The number of hydrogen-bond donors (Lipinski definition) is 1. The fourth-order valence-electron chi connectivity index (χ4n) is 2.34. The first-order valence-electron chi connectivity index (χ1n) is 7.54. The molecule has 3 nitrogen and oxygen atoms in total. The van der Waals surface area contributed by atoms with Gasteiger partial charge in [0, 0.05) is 23.7 Å². The molecule has 1 aliphatic carbocycles. The van der Waals surface area contributed by atoms with Crippen LogP contribution in [0, 0.1) is 24.7 Å². The molecule has 0 atom stereocenters. The molecule has 1 N–H and O–H groups in total.